The Morgan fingerprint density at radius 2 is 0.850 bits per heavy atom. The van der Waals surface area contributed by atoms with Gasteiger partial charge < -0.3 is 14.0 Å². The second-order valence-electron chi connectivity index (χ2n) is 15.4. The monoisotopic (exact) mass is 783 g/mol. The summed E-state index contributed by atoms with van der Waals surface area (Å²) in [4.78, 5) is 2.36. The molecular formula is C56H37N3S. The van der Waals surface area contributed by atoms with Crippen molar-refractivity contribution in [3.63, 3.8) is 0 Å². The largest absolute Gasteiger partial charge is 0.317 e. The number of para-hydroxylation sites is 1. The molecule has 0 aliphatic carbocycles. The van der Waals surface area contributed by atoms with Gasteiger partial charge in [-0.25, -0.2) is 0 Å². The molecule has 282 valence electrons. The van der Waals surface area contributed by atoms with Crippen molar-refractivity contribution in [2.75, 3.05) is 4.90 Å². The van der Waals surface area contributed by atoms with E-state index >= 15 is 0 Å². The maximum Gasteiger partial charge on any atom is 0.0555 e. The molecule has 3 aromatic heterocycles. The van der Waals surface area contributed by atoms with Crippen LogP contribution in [0.4, 0.5) is 17.1 Å². The van der Waals surface area contributed by atoms with Gasteiger partial charge in [0.25, 0.3) is 0 Å². The van der Waals surface area contributed by atoms with Crippen LogP contribution >= 0.6 is 11.3 Å². The van der Waals surface area contributed by atoms with Gasteiger partial charge in [-0.15, -0.1) is 11.3 Å². The summed E-state index contributed by atoms with van der Waals surface area (Å²) in [6.07, 6.45) is 2.19. The van der Waals surface area contributed by atoms with Crippen LogP contribution in [0.1, 0.15) is 0 Å². The predicted molar refractivity (Wildman–Crippen MR) is 256 cm³/mol. The fourth-order valence-electron chi connectivity index (χ4n) is 9.02. The summed E-state index contributed by atoms with van der Waals surface area (Å²) in [6.45, 7) is 0. The number of nitrogens with zero attached hydrogens (tertiary/aromatic N) is 3. The third-order valence-corrected chi connectivity index (χ3v) is 13.1. The molecule has 0 spiro atoms. The van der Waals surface area contributed by atoms with Crippen LogP contribution in [-0.2, 0) is 0 Å². The van der Waals surface area contributed by atoms with Gasteiger partial charge >= 0.3 is 0 Å². The minimum Gasteiger partial charge on any atom is -0.317 e. The number of hydrogen-bond acceptors (Lipinski definition) is 2. The van der Waals surface area contributed by atoms with Crippen molar-refractivity contribution in [1.29, 1.82) is 0 Å². The third kappa shape index (κ3) is 5.72. The van der Waals surface area contributed by atoms with Crippen LogP contribution in [0.5, 0.6) is 0 Å². The van der Waals surface area contributed by atoms with Crippen molar-refractivity contribution in [3.05, 3.63) is 225 Å². The molecule has 0 atom stereocenters. The van der Waals surface area contributed by atoms with Crippen LogP contribution in [0.3, 0.4) is 0 Å². The summed E-state index contributed by atoms with van der Waals surface area (Å²) in [5.41, 5.74) is 14.0. The summed E-state index contributed by atoms with van der Waals surface area (Å²) in [7, 11) is 0. The Kier molecular flexibility index (Phi) is 8.03. The van der Waals surface area contributed by atoms with Gasteiger partial charge in [-0.1, -0.05) is 121 Å². The molecule has 9 aromatic carbocycles. The standard InChI is InChI=1S/C56H37N3S/c1-4-12-38(13-5-1)40-20-24-44(25-21-40)58(45-26-22-41(23-27-45)39-14-6-2-7-15-39)46-28-30-47(31-29-46)59-53-34-42-32-33-57(43-16-8-3-9-17-43)52(42)36-50(53)49-35-51-48-18-10-11-19-55(48)60-56(51)37-54(49)59/h1-37H. The van der Waals surface area contributed by atoms with E-state index < -0.39 is 0 Å². The maximum absolute atomic E-state index is 2.46. The van der Waals surface area contributed by atoms with Crippen LogP contribution in [0.2, 0.25) is 0 Å². The molecule has 0 bridgehead atoms. The molecule has 0 saturated heterocycles. The van der Waals surface area contributed by atoms with E-state index in [-0.39, 0.29) is 0 Å². The Morgan fingerprint density at radius 1 is 0.333 bits per heavy atom. The molecule has 0 amide bonds. The van der Waals surface area contributed by atoms with E-state index in [4.69, 9.17) is 0 Å². The number of benzene rings is 9. The molecule has 12 aromatic rings. The lowest BCUT2D eigenvalue weighted by atomic mass is 10.0. The van der Waals surface area contributed by atoms with Crippen molar-refractivity contribution >= 4 is 81.3 Å². The highest BCUT2D eigenvalue weighted by Gasteiger charge is 2.19. The Labute approximate surface area is 351 Å². The number of aromatic nitrogens is 2. The lowest BCUT2D eigenvalue weighted by molar-refractivity contribution is 1.13. The fourth-order valence-corrected chi connectivity index (χ4v) is 10.1. The minimum atomic E-state index is 1.09. The lowest BCUT2D eigenvalue weighted by Gasteiger charge is -2.26. The van der Waals surface area contributed by atoms with Gasteiger partial charge in [-0.3, -0.25) is 0 Å². The smallest absolute Gasteiger partial charge is 0.0555 e. The van der Waals surface area contributed by atoms with Gasteiger partial charge in [0.2, 0.25) is 0 Å². The predicted octanol–water partition coefficient (Wildman–Crippen LogP) is 15.9. The summed E-state index contributed by atoms with van der Waals surface area (Å²) in [5, 5.41) is 6.33. The molecule has 0 radical (unpaired) electrons. The Morgan fingerprint density at radius 3 is 1.48 bits per heavy atom. The van der Waals surface area contributed by atoms with Gasteiger partial charge in [0.05, 0.1) is 16.6 Å². The first-order valence-corrected chi connectivity index (χ1v) is 21.2. The molecule has 60 heavy (non-hydrogen) atoms. The van der Waals surface area contributed by atoms with Crippen LogP contribution in [0.15, 0.2) is 225 Å². The highest BCUT2D eigenvalue weighted by atomic mass is 32.1. The van der Waals surface area contributed by atoms with Crippen molar-refractivity contribution in [1.82, 2.24) is 9.13 Å². The molecule has 0 unspecified atom stereocenters. The van der Waals surface area contributed by atoms with Gasteiger partial charge in [0.15, 0.2) is 0 Å². The highest BCUT2D eigenvalue weighted by Crippen LogP contribution is 2.43. The Hall–Kier alpha value is -7.66. The lowest BCUT2D eigenvalue weighted by Crippen LogP contribution is -2.10. The summed E-state index contributed by atoms with van der Waals surface area (Å²) in [6, 6.07) is 79.4. The number of rotatable bonds is 7. The van der Waals surface area contributed by atoms with E-state index in [1.165, 1.54) is 75.1 Å². The van der Waals surface area contributed by atoms with Crippen molar-refractivity contribution in [2.24, 2.45) is 0 Å². The van der Waals surface area contributed by atoms with Crippen LogP contribution in [0.25, 0.3) is 86.5 Å². The number of thiophene rings is 1. The van der Waals surface area contributed by atoms with Gasteiger partial charge in [-0.05, 0) is 119 Å². The van der Waals surface area contributed by atoms with E-state index in [1.807, 2.05) is 11.3 Å². The van der Waals surface area contributed by atoms with Gasteiger partial charge in [0.1, 0.15) is 0 Å². The number of fused-ring (bicyclic) bond motifs is 7. The second-order valence-corrected chi connectivity index (χ2v) is 16.5. The third-order valence-electron chi connectivity index (χ3n) is 11.9. The molecule has 0 aliphatic rings. The van der Waals surface area contributed by atoms with E-state index in [9.17, 15) is 0 Å². The first-order valence-electron chi connectivity index (χ1n) is 20.4. The summed E-state index contributed by atoms with van der Waals surface area (Å²) in [5.74, 6) is 0. The van der Waals surface area contributed by atoms with Crippen LogP contribution in [0, 0.1) is 0 Å². The normalized spacial score (nSPS) is 11.7. The summed E-state index contributed by atoms with van der Waals surface area (Å²) >= 11 is 1.87. The topological polar surface area (TPSA) is 13.1 Å². The molecule has 0 saturated carbocycles. The van der Waals surface area contributed by atoms with Gasteiger partial charge in [0, 0.05) is 71.0 Å². The van der Waals surface area contributed by atoms with E-state index in [0.717, 1.165) is 28.4 Å². The summed E-state index contributed by atoms with van der Waals surface area (Å²) < 4.78 is 7.38. The average Bonchev–Trinajstić information content (AvgIpc) is 4.00. The van der Waals surface area contributed by atoms with Crippen LogP contribution < -0.4 is 4.90 Å². The van der Waals surface area contributed by atoms with Crippen molar-refractivity contribution in [3.8, 4) is 33.6 Å². The molecular weight excluding hydrogens is 747 g/mol. The molecule has 12 rings (SSSR count). The average molecular weight is 784 g/mol. The Bertz CT molecular complexity index is 3410. The Balaban J connectivity index is 1.02. The second kappa shape index (κ2) is 14.0. The van der Waals surface area contributed by atoms with E-state index in [0.29, 0.717) is 0 Å². The highest BCUT2D eigenvalue weighted by molar-refractivity contribution is 7.25. The molecule has 3 heterocycles. The van der Waals surface area contributed by atoms with E-state index in [1.54, 1.807) is 0 Å². The van der Waals surface area contributed by atoms with Crippen molar-refractivity contribution < 1.29 is 0 Å². The zero-order valence-corrected chi connectivity index (χ0v) is 33.4. The number of hydrogen-bond donors (Lipinski definition) is 0. The quantitative estimate of drug-likeness (QED) is 0.157. The first kappa shape index (κ1) is 34.4. The molecule has 3 nitrogen and oxygen atoms in total. The molecule has 0 fully saturated rings. The van der Waals surface area contributed by atoms with Gasteiger partial charge in [-0.2, -0.15) is 0 Å². The molecule has 0 N–H and O–H groups in total. The fraction of sp³-hybridized carbons (Fsp3) is 0. The van der Waals surface area contributed by atoms with Crippen LogP contribution in [-0.4, -0.2) is 9.13 Å². The van der Waals surface area contributed by atoms with E-state index in [2.05, 4.69) is 239 Å². The number of anilines is 3. The van der Waals surface area contributed by atoms with Crippen molar-refractivity contribution in [2.45, 2.75) is 0 Å². The SMILES string of the molecule is c1ccc(-c2ccc(N(c3ccc(-c4ccccc4)cc3)c3ccc(-n4c5cc6ccn(-c7ccccc7)c6cc5c5cc6c(cc54)sc4ccccc46)cc3)cc2)cc1. The zero-order chi connectivity index (χ0) is 39.6. The first-order chi connectivity index (χ1) is 29.7. The minimum absolute atomic E-state index is 1.09. The maximum atomic E-state index is 2.46. The zero-order valence-electron chi connectivity index (χ0n) is 32.6. The molecule has 0 aliphatic heterocycles. The molecule has 4 heteroatoms.